The van der Waals surface area contributed by atoms with Gasteiger partial charge in [0.25, 0.3) is 0 Å². The Bertz CT molecular complexity index is 2450. The van der Waals surface area contributed by atoms with Crippen LogP contribution in [0, 0.1) is 0 Å². The minimum Gasteiger partial charge on any atom is -0.135 e. The molecule has 9 rings (SSSR count). The van der Waals surface area contributed by atoms with Crippen LogP contribution in [0.15, 0.2) is 170 Å². The van der Waals surface area contributed by atoms with E-state index in [1.165, 1.54) is 86.2 Å². The normalized spacial score (nSPS) is 11.6. The number of thiophene rings is 1. The van der Waals surface area contributed by atoms with E-state index in [1.807, 2.05) is 11.3 Å². The average Bonchev–Trinajstić information content (AvgIpc) is 3.50. The molecule has 0 amide bonds. The van der Waals surface area contributed by atoms with E-state index < -0.39 is 0 Å². The van der Waals surface area contributed by atoms with E-state index in [0.717, 1.165) is 0 Å². The van der Waals surface area contributed by atoms with Crippen molar-refractivity contribution in [2.75, 3.05) is 0 Å². The molecule has 1 heteroatoms. The molecule has 45 heavy (non-hydrogen) atoms. The molecule has 8 aromatic carbocycles. The van der Waals surface area contributed by atoms with Crippen LogP contribution in [0.25, 0.3) is 86.2 Å². The highest BCUT2D eigenvalue weighted by Crippen LogP contribution is 2.47. The fourth-order valence-electron chi connectivity index (χ4n) is 7.01. The first-order valence-electron chi connectivity index (χ1n) is 15.4. The second kappa shape index (κ2) is 10.6. The lowest BCUT2D eigenvalue weighted by atomic mass is 9.84. The zero-order chi connectivity index (χ0) is 29.7. The SMILES string of the molecule is c1ccc(-c2ccc(-c3c4ccccc4c(-c4cc(-c5ccccc5)c5sc6ccccc6c5c4)c4ccccc34)cc2)cc1. The van der Waals surface area contributed by atoms with Crippen LogP contribution in [-0.4, -0.2) is 0 Å². The van der Waals surface area contributed by atoms with Crippen LogP contribution in [0.1, 0.15) is 0 Å². The highest BCUT2D eigenvalue weighted by molar-refractivity contribution is 7.26. The van der Waals surface area contributed by atoms with Crippen molar-refractivity contribution in [2.45, 2.75) is 0 Å². The summed E-state index contributed by atoms with van der Waals surface area (Å²) in [6, 6.07) is 62.1. The van der Waals surface area contributed by atoms with E-state index >= 15 is 0 Å². The Morgan fingerprint density at radius 3 is 1.33 bits per heavy atom. The third-order valence-corrected chi connectivity index (χ3v) is 10.3. The van der Waals surface area contributed by atoms with E-state index in [1.54, 1.807) is 0 Å². The molecule has 0 saturated heterocycles. The van der Waals surface area contributed by atoms with Crippen LogP contribution < -0.4 is 0 Å². The monoisotopic (exact) mass is 588 g/mol. The summed E-state index contributed by atoms with van der Waals surface area (Å²) in [6.45, 7) is 0. The van der Waals surface area contributed by atoms with Gasteiger partial charge in [-0.3, -0.25) is 0 Å². The summed E-state index contributed by atoms with van der Waals surface area (Å²) in [5, 5.41) is 7.74. The number of fused-ring (bicyclic) bond motifs is 5. The molecule has 0 aliphatic carbocycles. The quantitative estimate of drug-likeness (QED) is 0.179. The minimum absolute atomic E-state index is 1.23. The molecule has 0 N–H and O–H groups in total. The predicted octanol–water partition coefficient (Wildman–Crippen LogP) is 13.0. The molecule has 0 saturated carbocycles. The maximum absolute atomic E-state index is 2.43. The molecular formula is C44H28S. The summed E-state index contributed by atoms with van der Waals surface area (Å²) in [5.41, 5.74) is 10.1. The number of hydrogen-bond donors (Lipinski definition) is 0. The molecule has 1 heterocycles. The molecule has 210 valence electrons. The summed E-state index contributed by atoms with van der Waals surface area (Å²) in [6.07, 6.45) is 0. The largest absolute Gasteiger partial charge is 0.135 e. The second-order valence-corrected chi connectivity index (χ2v) is 12.7. The van der Waals surface area contributed by atoms with E-state index in [0.29, 0.717) is 0 Å². The Balaban J connectivity index is 1.35. The molecule has 0 aliphatic heterocycles. The predicted molar refractivity (Wildman–Crippen MR) is 196 cm³/mol. The first-order valence-corrected chi connectivity index (χ1v) is 16.3. The van der Waals surface area contributed by atoms with Crippen molar-refractivity contribution in [1.29, 1.82) is 0 Å². The van der Waals surface area contributed by atoms with Gasteiger partial charge >= 0.3 is 0 Å². The smallest absolute Gasteiger partial charge is 0.0434 e. The van der Waals surface area contributed by atoms with Crippen LogP contribution in [-0.2, 0) is 0 Å². The van der Waals surface area contributed by atoms with Gasteiger partial charge in [-0.15, -0.1) is 11.3 Å². The summed E-state index contributed by atoms with van der Waals surface area (Å²) in [5.74, 6) is 0. The van der Waals surface area contributed by atoms with Crippen LogP contribution >= 0.6 is 11.3 Å². The van der Waals surface area contributed by atoms with Gasteiger partial charge in [0.05, 0.1) is 0 Å². The third kappa shape index (κ3) is 4.28. The number of benzene rings is 8. The van der Waals surface area contributed by atoms with E-state index in [2.05, 4.69) is 170 Å². The molecule has 0 unspecified atom stereocenters. The summed E-state index contributed by atoms with van der Waals surface area (Å²) in [7, 11) is 0. The Morgan fingerprint density at radius 1 is 0.289 bits per heavy atom. The second-order valence-electron chi connectivity index (χ2n) is 11.6. The van der Waals surface area contributed by atoms with Gasteiger partial charge in [-0.25, -0.2) is 0 Å². The Hall–Kier alpha value is -5.50. The van der Waals surface area contributed by atoms with E-state index in [9.17, 15) is 0 Å². The molecule has 0 atom stereocenters. The first kappa shape index (κ1) is 25.9. The van der Waals surface area contributed by atoms with Crippen molar-refractivity contribution in [2.24, 2.45) is 0 Å². The van der Waals surface area contributed by atoms with Crippen LogP contribution in [0.4, 0.5) is 0 Å². The first-order chi connectivity index (χ1) is 22.3. The third-order valence-electron chi connectivity index (χ3n) is 9.06. The molecule has 0 aliphatic rings. The van der Waals surface area contributed by atoms with Gasteiger partial charge in [-0.1, -0.05) is 152 Å². The molecule has 9 aromatic rings. The van der Waals surface area contributed by atoms with Crippen molar-refractivity contribution in [3.05, 3.63) is 170 Å². The van der Waals surface area contributed by atoms with Gasteiger partial charge < -0.3 is 0 Å². The molecule has 0 spiro atoms. The van der Waals surface area contributed by atoms with Crippen LogP contribution in [0.5, 0.6) is 0 Å². The lowest BCUT2D eigenvalue weighted by Crippen LogP contribution is -1.91. The fourth-order valence-corrected chi connectivity index (χ4v) is 8.23. The fraction of sp³-hybridized carbons (Fsp3) is 0. The van der Waals surface area contributed by atoms with Gasteiger partial charge in [-0.05, 0) is 78.7 Å². The van der Waals surface area contributed by atoms with E-state index in [4.69, 9.17) is 0 Å². The van der Waals surface area contributed by atoms with Gasteiger partial charge in [0.1, 0.15) is 0 Å². The van der Waals surface area contributed by atoms with Crippen molar-refractivity contribution in [3.8, 4) is 44.5 Å². The number of hydrogen-bond acceptors (Lipinski definition) is 1. The van der Waals surface area contributed by atoms with Crippen molar-refractivity contribution in [1.82, 2.24) is 0 Å². The summed E-state index contributed by atoms with van der Waals surface area (Å²) in [4.78, 5) is 0. The molecule has 0 bridgehead atoms. The topological polar surface area (TPSA) is 0 Å². The van der Waals surface area contributed by atoms with E-state index in [-0.39, 0.29) is 0 Å². The lowest BCUT2D eigenvalue weighted by molar-refractivity contribution is 1.61. The molecule has 0 nitrogen and oxygen atoms in total. The van der Waals surface area contributed by atoms with Crippen LogP contribution in [0.2, 0.25) is 0 Å². The van der Waals surface area contributed by atoms with Crippen molar-refractivity contribution >= 4 is 53.1 Å². The molecule has 0 radical (unpaired) electrons. The Kier molecular flexibility index (Phi) is 6.11. The standard InChI is InChI=1S/C44H28S/c1-3-13-29(14-4-1)30-23-25-32(26-24-30)42-35-18-7-9-20-37(35)43(38-21-10-8-19-36(38)42)33-27-39(31-15-5-2-6-16-31)44-40(28-33)34-17-11-12-22-41(34)45-44/h1-28H. The van der Waals surface area contributed by atoms with Gasteiger partial charge in [0.15, 0.2) is 0 Å². The summed E-state index contributed by atoms with van der Waals surface area (Å²) < 4.78 is 2.67. The Morgan fingerprint density at radius 2 is 0.733 bits per heavy atom. The zero-order valence-electron chi connectivity index (χ0n) is 24.6. The maximum atomic E-state index is 2.43. The lowest BCUT2D eigenvalue weighted by Gasteiger charge is -2.19. The molecule has 0 fully saturated rings. The number of rotatable bonds is 4. The maximum Gasteiger partial charge on any atom is 0.0434 e. The highest BCUT2D eigenvalue weighted by atomic mass is 32.1. The van der Waals surface area contributed by atoms with Crippen molar-refractivity contribution < 1.29 is 0 Å². The van der Waals surface area contributed by atoms with Gasteiger partial charge in [0, 0.05) is 25.7 Å². The van der Waals surface area contributed by atoms with Crippen LogP contribution in [0.3, 0.4) is 0 Å². The minimum atomic E-state index is 1.23. The van der Waals surface area contributed by atoms with Gasteiger partial charge in [-0.2, -0.15) is 0 Å². The van der Waals surface area contributed by atoms with Crippen molar-refractivity contribution in [3.63, 3.8) is 0 Å². The zero-order valence-corrected chi connectivity index (χ0v) is 25.4. The molecular weight excluding hydrogens is 561 g/mol. The van der Waals surface area contributed by atoms with Gasteiger partial charge in [0.2, 0.25) is 0 Å². The average molecular weight is 589 g/mol. The highest BCUT2D eigenvalue weighted by Gasteiger charge is 2.19. The summed E-state index contributed by atoms with van der Waals surface area (Å²) >= 11 is 1.89. The Labute approximate surface area is 266 Å². The molecule has 1 aromatic heterocycles.